The molecular weight excluding hydrogens is 320 g/mol. The maximum absolute atomic E-state index is 12.3. The molecule has 3 rings (SSSR count). The Balaban J connectivity index is 1.65. The number of aromatic nitrogens is 2. The number of ether oxygens (including phenoxy) is 2. The van der Waals surface area contributed by atoms with E-state index in [0.29, 0.717) is 10.9 Å². The first-order chi connectivity index (χ1) is 12.2. The molecule has 0 bridgehead atoms. The Hall–Kier alpha value is -3.41. The first kappa shape index (κ1) is 16.4. The van der Waals surface area contributed by atoms with Crippen molar-refractivity contribution in [3.8, 4) is 5.75 Å². The van der Waals surface area contributed by atoms with E-state index in [2.05, 4.69) is 4.98 Å². The fourth-order valence-electron chi connectivity index (χ4n) is 2.26. The maximum Gasteiger partial charge on any atom is 0.332 e. The molecule has 0 saturated heterocycles. The van der Waals surface area contributed by atoms with Crippen molar-refractivity contribution >= 4 is 22.9 Å². The van der Waals surface area contributed by atoms with Gasteiger partial charge in [0, 0.05) is 6.08 Å². The predicted octanol–water partition coefficient (Wildman–Crippen LogP) is 2.62. The summed E-state index contributed by atoms with van der Waals surface area (Å²) in [5, 5.41) is 0.481. The molecular formula is C19H16N2O4. The van der Waals surface area contributed by atoms with Crippen LogP contribution < -0.4 is 10.3 Å². The van der Waals surface area contributed by atoms with Crippen LogP contribution in [-0.2, 0) is 16.3 Å². The van der Waals surface area contributed by atoms with Crippen LogP contribution in [0.2, 0.25) is 0 Å². The van der Waals surface area contributed by atoms with Gasteiger partial charge in [-0.05, 0) is 35.9 Å². The largest absolute Gasteiger partial charge is 0.497 e. The van der Waals surface area contributed by atoms with Crippen LogP contribution >= 0.6 is 0 Å². The van der Waals surface area contributed by atoms with Crippen LogP contribution in [0.15, 0.2) is 65.7 Å². The zero-order valence-corrected chi connectivity index (χ0v) is 13.6. The van der Waals surface area contributed by atoms with Crippen molar-refractivity contribution in [2.24, 2.45) is 0 Å². The molecule has 0 spiro atoms. The number of rotatable bonds is 5. The summed E-state index contributed by atoms with van der Waals surface area (Å²) < 4.78 is 11.4. The second kappa shape index (κ2) is 7.44. The molecule has 0 amide bonds. The normalized spacial score (nSPS) is 10.9. The van der Waals surface area contributed by atoms with Crippen LogP contribution in [-0.4, -0.2) is 22.6 Å². The van der Waals surface area contributed by atoms with E-state index >= 15 is 0 Å². The lowest BCUT2D eigenvalue weighted by atomic mass is 10.2. The Morgan fingerprint density at radius 3 is 2.68 bits per heavy atom. The molecule has 6 heteroatoms. The standard InChI is InChI=1S/C19H16N2O4/c1-24-15-9-6-14(7-10-15)8-11-18(22)25-13-21-12-20-17-5-3-2-4-16(17)19(21)23/h2-12H,13H2,1H3/b11-8+. The molecule has 0 N–H and O–H groups in total. The Labute approximate surface area is 144 Å². The van der Waals surface area contributed by atoms with Gasteiger partial charge in [-0.15, -0.1) is 0 Å². The monoisotopic (exact) mass is 336 g/mol. The Kier molecular flexibility index (Phi) is 4.89. The fraction of sp³-hybridized carbons (Fsp3) is 0.105. The number of esters is 1. The summed E-state index contributed by atoms with van der Waals surface area (Å²) in [4.78, 5) is 28.3. The van der Waals surface area contributed by atoms with Crippen molar-refractivity contribution in [2.75, 3.05) is 7.11 Å². The van der Waals surface area contributed by atoms with Gasteiger partial charge in [-0.1, -0.05) is 24.3 Å². The number of hydrogen-bond acceptors (Lipinski definition) is 5. The number of nitrogens with zero attached hydrogens (tertiary/aromatic N) is 2. The van der Waals surface area contributed by atoms with E-state index in [1.54, 1.807) is 43.5 Å². The van der Waals surface area contributed by atoms with Gasteiger partial charge >= 0.3 is 5.97 Å². The minimum Gasteiger partial charge on any atom is -0.497 e. The molecule has 0 atom stereocenters. The van der Waals surface area contributed by atoms with E-state index in [-0.39, 0.29) is 12.3 Å². The highest BCUT2D eigenvalue weighted by molar-refractivity contribution is 5.87. The number of para-hydroxylation sites is 1. The molecule has 25 heavy (non-hydrogen) atoms. The van der Waals surface area contributed by atoms with Crippen LogP contribution in [0.4, 0.5) is 0 Å². The van der Waals surface area contributed by atoms with Gasteiger partial charge in [0.15, 0.2) is 6.73 Å². The molecule has 3 aromatic rings. The number of methoxy groups -OCH3 is 1. The number of benzene rings is 2. The SMILES string of the molecule is COc1ccc(/C=C/C(=O)OCn2cnc3ccccc3c2=O)cc1. The molecule has 0 aliphatic heterocycles. The van der Waals surface area contributed by atoms with Crippen molar-refractivity contribution in [1.29, 1.82) is 0 Å². The Bertz CT molecular complexity index is 975. The molecule has 0 fully saturated rings. The van der Waals surface area contributed by atoms with Crippen molar-refractivity contribution < 1.29 is 14.3 Å². The number of carbonyl (C=O) groups excluding carboxylic acids is 1. The van der Waals surface area contributed by atoms with Gasteiger partial charge in [-0.3, -0.25) is 9.36 Å². The lowest BCUT2D eigenvalue weighted by Gasteiger charge is -2.06. The highest BCUT2D eigenvalue weighted by Gasteiger charge is 2.05. The van der Waals surface area contributed by atoms with Gasteiger partial charge in [0.1, 0.15) is 12.1 Å². The van der Waals surface area contributed by atoms with Gasteiger partial charge in [-0.25, -0.2) is 9.78 Å². The molecule has 0 saturated carbocycles. The zero-order valence-electron chi connectivity index (χ0n) is 13.6. The summed E-state index contributed by atoms with van der Waals surface area (Å²) in [5.41, 5.74) is 1.19. The smallest absolute Gasteiger partial charge is 0.332 e. The highest BCUT2D eigenvalue weighted by atomic mass is 16.5. The predicted molar refractivity (Wildman–Crippen MR) is 94.1 cm³/mol. The molecule has 2 aromatic carbocycles. The van der Waals surface area contributed by atoms with E-state index in [1.165, 1.54) is 17.0 Å². The third-order valence-electron chi connectivity index (χ3n) is 3.61. The second-order valence-electron chi connectivity index (χ2n) is 5.24. The third kappa shape index (κ3) is 3.92. The zero-order chi connectivity index (χ0) is 17.6. The maximum atomic E-state index is 12.3. The second-order valence-corrected chi connectivity index (χ2v) is 5.24. The summed E-state index contributed by atoms with van der Waals surface area (Å²) >= 11 is 0. The Morgan fingerprint density at radius 2 is 1.92 bits per heavy atom. The molecule has 6 nitrogen and oxygen atoms in total. The van der Waals surface area contributed by atoms with Crippen molar-refractivity contribution in [2.45, 2.75) is 6.73 Å². The molecule has 0 aliphatic carbocycles. The first-order valence-electron chi connectivity index (χ1n) is 7.60. The van der Waals surface area contributed by atoms with E-state index < -0.39 is 5.97 Å². The summed E-state index contributed by atoms with van der Waals surface area (Å²) in [6.45, 7) is -0.192. The fourth-order valence-corrected chi connectivity index (χ4v) is 2.26. The van der Waals surface area contributed by atoms with Gasteiger partial charge < -0.3 is 9.47 Å². The van der Waals surface area contributed by atoms with Gasteiger partial charge in [0.25, 0.3) is 5.56 Å². The van der Waals surface area contributed by atoms with Crippen molar-refractivity contribution in [1.82, 2.24) is 9.55 Å². The summed E-state index contributed by atoms with van der Waals surface area (Å²) in [6.07, 6.45) is 4.30. The lowest BCUT2D eigenvalue weighted by Crippen LogP contribution is -2.22. The molecule has 1 aromatic heterocycles. The average Bonchev–Trinajstić information content (AvgIpc) is 2.66. The summed E-state index contributed by atoms with van der Waals surface area (Å²) in [6, 6.07) is 14.2. The summed E-state index contributed by atoms with van der Waals surface area (Å²) in [7, 11) is 1.59. The number of fused-ring (bicyclic) bond motifs is 1. The molecule has 0 radical (unpaired) electrons. The Morgan fingerprint density at radius 1 is 1.16 bits per heavy atom. The topological polar surface area (TPSA) is 70.4 Å². The van der Waals surface area contributed by atoms with Gasteiger partial charge in [0.2, 0.25) is 0 Å². The van der Waals surface area contributed by atoms with E-state index in [1.807, 2.05) is 18.2 Å². The van der Waals surface area contributed by atoms with Crippen LogP contribution in [0, 0.1) is 0 Å². The molecule has 1 heterocycles. The van der Waals surface area contributed by atoms with Crippen LogP contribution in [0.5, 0.6) is 5.75 Å². The van der Waals surface area contributed by atoms with Crippen LogP contribution in [0.25, 0.3) is 17.0 Å². The van der Waals surface area contributed by atoms with Gasteiger partial charge in [-0.2, -0.15) is 0 Å². The minimum atomic E-state index is -0.545. The third-order valence-corrected chi connectivity index (χ3v) is 3.61. The van der Waals surface area contributed by atoms with E-state index in [9.17, 15) is 9.59 Å². The number of hydrogen-bond donors (Lipinski definition) is 0. The minimum absolute atomic E-state index is 0.192. The summed E-state index contributed by atoms with van der Waals surface area (Å²) in [5.74, 6) is 0.193. The van der Waals surface area contributed by atoms with Crippen molar-refractivity contribution in [3.63, 3.8) is 0 Å². The van der Waals surface area contributed by atoms with E-state index in [0.717, 1.165) is 11.3 Å². The molecule has 126 valence electrons. The molecule has 0 aliphatic rings. The quantitative estimate of drug-likeness (QED) is 0.529. The van der Waals surface area contributed by atoms with E-state index in [4.69, 9.17) is 9.47 Å². The highest BCUT2D eigenvalue weighted by Crippen LogP contribution is 2.12. The van der Waals surface area contributed by atoms with Gasteiger partial charge in [0.05, 0.1) is 18.0 Å². The number of carbonyl (C=O) groups is 1. The van der Waals surface area contributed by atoms with Crippen LogP contribution in [0.3, 0.4) is 0 Å². The molecule has 0 unspecified atom stereocenters. The first-order valence-corrected chi connectivity index (χ1v) is 7.60. The lowest BCUT2D eigenvalue weighted by molar-refractivity contribution is -0.141. The van der Waals surface area contributed by atoms with Crippen molar-refractivity contribution in [3.05, 3.63) is 76.9 Å². The van der Waals surface area contributed by atoms with Crippen LogP contribution in [0.1, 0.15) is 5.56 Å². The average molecular weight is 336 g/mol.